The first-order valence-corrected chi connectivity index (χ1v) is 6.40. The lowest BCUT2D eigenvalue weighted by molar-refractivity contribution is 0.0960. The maximum absolute atomic E-state index is 11.5. The van der Waals surface area contributed by atoms with Crippen LogP contribution in [0.25, 0.3) is 0 Å². The van der Waals surface area contributed by atoms with Crippen molar-refractivity contribution in [2.24, 2.45) is 0 Å². The van der Waals surface area contributed by atoms with Crippen LogP contribution in [0.5, 0.6) is 0 Å². The Labute approximate surface area is 95.9 Å². The van der Waals surface area contributed by atoms with Crippen molar-refractivity contribution in [3.8, 4) is 0 Å². The predicted octanol–water partition coefficient (Wildman–Crippen LogP) is 2.53. The van der Waals surface area contributed by atoms with Gasteiger partial charge in [-0.25, -0.2) is 0 Å². The van der Waals surface area contributed by atoms with Gasteiger partial charge < -0.3 is 5.32 Å². The highest BCUT2D eigenvalue weighted by atomic mass is 127. The van der Waals surface area contributed by atoms with Gasteiger partial charge in [0.15, 0.2) is 0 Å². The van der Waals surface area contributed by atoms with Crippen molar-refractivity contribution in [1.82, 2.24) is 5.32 Å². The van der Waals surface area contributed by atoms with Crippen molar-refractivity contribution in [3.05, 3.63) is 21.4 Å². The fourth-order valence-corrected chi connectivity index (χ4v) is 2.15. The largest absolute Gasteiger partial charge is 0.351 e. The van der Waals surface area contributed by atoms with Gasteiger partial charge in [0.1, 0.15) is 0 Å². The first kappa shape index (κ1) is 11.0. The molecular weight excluding hydrogens is 297 g/mol. The SMILES string of the molecule is Cc1cc(C(=O)NCCI)sc1C. The molecule has 0 fully saturated rings. The average molecular weight is 309 g/mol. The van der Waals surface area contributed by atoms with Crippen molar-refractivity contribution < 1.29 is 4.79 Å². The molecule has 0 aromatic carbocycles. The average Bonchev–Trinajstić information content (AvgIpc) is 2.43. The molecule has 13 heavy (non-hydrogen) atoms. The predicted molar refractivity (Wildman–Crippen MR) is 65.0 cm³/mol. The molecule has 0 aliphatic rings. The maximum atomic E-state index is 11.5. The lowest BCUT2D eigenvalue weighted by Crippen LogP contribution is -2.24. The van der Waals surface area contributed by atoms with Gasteiger partial charge in [-0.05, 0) is 25.5 Å². The molecule has 1 amide bonds. The van der Waals surface area contributed by atoms with Gasteiger partial charge in [0.2, 0.25) is 0 Å². The van der Waals surface area contributed by atoms with Crippen LogP contribution in [-0.2, 0) is 0 Å². The molecule has 0 bridgehead atoms. The first-order chi connectivity index (χ1) is 6.15. The van der Waals surface area contributed by atoms with Crippen LogP contribution in [0.2, 0.25) is 0 Å². The maximum Gasteiger partial charge on any atom is 0.261 e. The zero-order valence-corrected chi connectivity index (χ0v) is 10.7. The summed E-state index contributed by atoms with van der Waals surface area (Å²) in [4.78, 5) is 13.5. The second-order valence-electron chi connectivity index (χ2n) is 2.79. The molecule has 0 saturated heterocycles. The fourth-order valence-electron chi connectivity index (χ4n) is 0.933. The van der Waals surface area contributed by atoms with Crippen LogP contribution in [0, 0.1) is 13.8 Å². The van der Waals surface area contributed by atoms with Crippen molar-refractivity contribution >= 4 is 39.8 Å². The zero-order chi connectivity index (χ0) is 9.84. The van der Waals surface area contributed by atoms with E-state index in [1.165, 1.54) is 10.4 Å². The van der Waals surface area contributed by atoms with Gasteiger partial charge in [-0.1, -0.05) is 22.6 Å². The van der Waals surface area contributed by atoms with E-state index in [2.05, 4.69) is 27.9 Å². The van der Waals surface area contributed by atoms with Gasteiger partial charge in [0.05, 0.1) is 4.88 Å². The Bertz CT molecular complexity index is 289. The van der Waals surface area contributed by atoms with Gasteiger partial charge in [-0.3, -0.25) is 4.79 Å². The molecule has 0 atom stereocenters. The molecular formula is C9H12INOS. The molecule has 72 valence electrons. The minimum absolute atomic E-state index is 0.0536. The third-order valence-electron chi connectivity index (χ3n) is 1.77. The molecule has 0 unspecified atom stereocenters. The molecule has 2 nitrogen and oxygen atoms in total. The summed E-state index contributed by atoms with van der Waals surface area (Å²) in [5.41, 5.74) is 1.20. The monoisotopic (exact) mass is 309 g/mol. The second-order valence-corrected chi connectivity index (χ2v) is 5.13. The Morgan fingerprint density at radius 3 is 2.77 bits per heavy atom. The van der Waals surface area contributed by atoms with E-state index in [0.29, 0.717) is 0 Å². The summed E-state index contributed by atoms with van der Waals surface area (Å²) in [6.07, 6.45) is 0. The Kier molecular flexibility index (Phi) is 4.18. The normalized spacial score (nSPS) is 10.1. The number of carbonyl (C=O) groups is 1. The lowest BCUT2D eigenvalue weighted by Gasteiger charge is -1.98. The van der Waals surface area contributed by atoms with E-state index >= 15 is 0 Å². The van der Waals surface area contributed by atoms with Crippen LogP contribution >= 0.6 is 33.9 Å². The Morgan fingerprint density at radius 1 is 1.62 bits per heavy atom. The molecule has 0 aliphatic carbocycles. The fraction of sp³-hybridized carbons (Fsp3) is 0.444. The highest BCUT2D eigenvalue weighted by Crippen LogP contribution is 2.20. The van der Waals surface area contributed by atoms with Crippen molar-refractivity contribution in [1.29, 1.82) is 0 Å². The molecule has 1 N–H and O–H groups in total. The topological polar surface area (TPSA) is 29.1 Å². The number of carbonyl (C=O) groups excluding carboxylic acids is 1. The number of aryl methyl sites for hydroxylation is 2. The number of amides is 1. The number of alkyl halides is 1. The van der Waals surface area contributed by atoms with E-state index in [-0.39, 0.29) is 5.91 Å². The van der Waals surface area contributed by atoms with Gasteiger partial charge >= 0.3 is 0 Å². The van der Waals surface area contributed by atoms with Crippen molar-refractivity contribution in [2.75, 3.05) is 11.0 Å². The molecule has 1 aromatic rings. The molecule has 0 saturated carbocycles. The van der Waals surface area contributed by atoms with Gasteiger partial charge in [0, 0.05) is 15.8 Å². The van der Waals surface area contributed by atoms with Crippen LogP contribution in [0.15, 0.2) is 6.07 Å². The van der Waals surface area contributed by atoms with E-state index in [9.17, 15) is 4.79 Å². The Hall–Kier alpha value is -0.1000. The standard InChI is InChI=1S/C9H12INOS/c1-6-5-8(13-7(6)2)9(12)11-4-3-10/h5H,3-4H2,1-2H3,(H,11,12). The summed E-state index contributed by atoms with van der Waals surface area (Å²) < 4.78 is 0.951. The lowest BCUT2D eigenvalue weighted by atomic mass is 10.3. The molecule has 1 aromatic heterocycles. The summed E-state index contributed by atoms with van der Waals surface area (Å²) in [6, 6.07) is 1.95. The van der Waals surface area contributed by atoms with Crippen molar-refractivity contribution in [2.45, 2.75) is 13.8 Å². The summed E-state index contributed by atoms with van der Waals surface area (Å²) in [5.74, 6) is 0.0536. The zero-order valence-electron chi connectivity index (χ0n) is 7.69. The summed E-state index contributed by atoms with van der Waals surface area (Å²) in [6.45, 7) is 4.81. The van der Waals surface area contributed by atoms with E-state index in [0.717, 1.165) is 15.8 Å². The molecule has 0 radical (unpaired) electrons. The van der Waals surface area contributed by atoms with Crippen LogP contribution in [0.1, 0.15) is 20.1 Å². The molecule has 0 spiro atoms. The minimum atomic E-state index is 0.0536. The molecule has 0 aliphatic heterocycles. The van der Waals surface area contributed by atoms with Crippen molar-refractivity contribution in [3.63, 3.8) is 0 Å². The highest BCUT2D eigenvalue weighted by Gasteiger charge is 2.08. The number of halogens is 1. The van der Waals surface area contributed by atoms with E-state index in [1.54, 1.807) is 11.3 Å². The van der Waals surface area contributed by atoms with Crippen LogP contribution in [0.4, 0.5) is 0 Å². The van der Waals surface area contributed by atoms with Crippen LogP contribution in [0.3, 0.4) is 0 Å². The molecule has 4 heteroatoms. The Balaban J connectivity index is 2.66. The number of hydrogen-bond donors (Lipinski definition) is 1. The quantitative estimate of drug-likeness (QED) is 0.675. The third kappa shape index (κ3) is 2.95. The number of rotatable bonds is 3. The van der Waals surface area contributed by atoms with E-state index in [4.69, 9.17) is 0 Å². The molecule has 1 heterocycles. The summed E-state index contributed by atoms with van der Waals surface area (Å²) in [5, 5.41) is 2.85. The van der Waals surface area contributed by atoms with Gasteiger partial charge in [-0.15, -0.1) is 11.3 Å². The second kappa shape index (κ2) is 4.95. The van der Waals surface area contributed by atoms with Gasteiger partial charge in [0.25, 0.3) is 5.91 Å². The summed E-state index contributed by atoms with van der Waals surface area (Å²) >= 11 is 3.80. The van der Waals surface area contributed by atoms with Crippen LogP contribution in [-0.4, -0.2) is 16.9 Å². The Morgan fingerprint density at radius 2 is 2.31 bits per heavy atom. The number of nitrogens with one attached hydrogen (secondary N) is 1. The van der Waals surface area contributed by atoms with Crippen LogP contribution < -0.4 is 5.32 Å². The smallest absolute Gasteiger partial charge is 0.261 e. The van der Waals surface area contributed by atoms with E-state index < -0.39 is 0 Å². The van der Waals surface area contributed by atoms with Gasteiger partial charge in [-0.2, -0.15) is 0 Å². The highest BCUT2D eigenvalue weighted by molar-refractivity contribution is 14.1. The third-order valence-corrected chi connectivity index (χ3v) is 3.46. The number of hydrogen-bond acceptors (Lipinski definition) is 2. The number of thiophene rings is 1. The molecule has 1 rings (SSSR count). The summed E-state index contributed by atoms with van der Waals surface area (Å²) in [7, 11) is 0. The minimum Gasteiger partial charge on any atom is -0.351 e. The van der Waals surface area contributed by atoms with E-state index in [1.807, 2.05) is 19.9 Å². The first-order valence-electron chi connectivity index (χ1n) is 4.06.